The van der Waals surface area contributed by atoms with E-state index in [0.717, 1.165) is 17.5 Å². The van der Waals surface area contributed by atoms with Crippen molar-refractivity contribution >= 4 is 11.8 Å². The molecule has 142 valence electrons. The van der Waals surface area contributed by atoms with E-state index in [-0.39, 0.29) is 23.9 Å². The summed E-state index contributed by atoms with van der Waals surface area (Å²) in [6.45, 7) is 4.26. The van der Waals surface area contributed by atoms with Gasteiger partial charge in [-0.3, -0.25) is 9.69 Å². The van der Waals surface area contributed by atoms with Crippen LogP contribution in [0, 0.1) is 0 Å². The number of carbonyl (C=O) groups excluding carboxylic acids is 2. The molecule has 1 saturated heterocycles. The minimum atomic E-state index is -0.716. The Morgan fingerprint density at radius 2 is 1.81 bits per heavy atom. The Morgan fingerprint density at radius 1 is 1.15 bits per heavy atom. The fourth-order valence-corrected chi connectivity index (χ4v) is 3.45. The van der Waals surface area contributed by atoms with Crippen LogP contribution in [0.5, 0.6) is 0 Å². The van der Waals surface area contributed by atoms with Crippen molar-refractivity contribution in [2.45, 2.75) is 38.6 Å². The topological polar surface area (TPSA) is 55.8 Å². The van der Waals surface area contributed by atoms with Crippen molar-refractivity contribution in [2.24, 2.45) is 0 Å². The van der Waals surface area contributed by atoms with E-state index < -0.39 is 6.23 Å². The molecule has 1 fully saturated rings. The zero-order valence-corrected chi connectivity index (χ0v) is 15.9. The lowest BCUT2D eigenvalue weighted by atomic mass is 10.0. The van der Waals surface area contributed by atoms with Gasteiger partial charge in [-0.25, -0.2) is 4.79 Å². The Balaban J connectivity index is 1.75. The van der Waals surface area contributed by atoms with Crippen LogP contribution in [0.3, 0.4) is 0 Å². The molecule has 0 radical (unpaired) electrons. The van der Waals surface area contributed by atoms with Crippen LogP contribution >= 0.6 is 0 Å². The first-order valence-corrected chi connectivity index (χ1v) is 9.13. The highest BCUT2D eigenvalue weighted by Gasteiger charge is 2.41. The molecular formula is C22H25NO4. The molecule has 1 aliphatic heterocycles. The van der Waals surface area contributed by atoms with E-state index in [0.29, 0.717) is 12.1 Å². The van der Waals surface area contributed by atoms with Crippen molar-refractivity contribution < 1.29 is 19.1 Å². The molecule has 1 unspecified atom stereocenters. The van der Waals surface area contributed by atoms with Gasteiger partial charge in [0.1, 0.15) is 0 Å². The van der Waals surface area contributed by atoms with E-state index >= 15 is 0 Å². The second kappa shape index (κ2) is 8.46. The second-order valence-corrected chi connectivity index (χ2v) is 6.91. The number of ether oxygens (including phenoxy) is 2. The SMILES string of the molecule is COC(=O)[C@H]1OC(c2ccccc2)CN1[C@H](C)Cc1ccc(C(C)=O)cc1. The van der Waals surface area contributed by atoms with Crippen LogP contribution in [0.4, 0.5) is 0 Å². The third-order valence-electron chi connectivity index (χ3n) is 5.00. The third-order valence-corrected chi connectivity index (χ3v) is 5.00. The number of esters is 1. The van der Waals surface area contributed by atoms with Crippen molar-refractivity contribution in [3.05, 3.63) is 71.3 Å². The van der Waals surface area contributed by atoms with E-state index in [1.165, 1.54) is 7.11 Å². The molecule has 1 aliphatic rings. The molecule has 1 heterocycles. The molecule has 0 N–H and O–H groups in total. The lowest BCUT2D eigenvalue weighted by Gasteiger charge is -2.27. The molecule has 0 amide bonds. The van der Waals surface area contributed by atoms with Crippen molar-refractivity contribution in [1.82, 2.24) is 4.90 Å². The maximum absolute atomic E-state index is 12.3. The standard InChI is InChI=1S/C22H25NO4/c1-15(13-17-9-11-18(12-10-17)16(2)24)23-14-20(19-7-5-4-6-8-19)27-21(23)22(25)26-3/h4-12,15,20-21H,13-14H2,1-3H3/t15-,20?,21-/m1/s1. The molecule has 0 aromatic heterocycles. The van der Waals surface area contributed by atoms with Crippen LogP contribution in [-0.4, -0.2) is 42.6 Å². The summed E-state index contributed by atoms with van der Waals surface area (Å²) < 4.78 is 11.0. The van der Waals surface area contributed by atoms with E-state index in [9.17, 15) is 9.59 Å². The number of carbonyl (C=O) groups is 2. The van der Waals surface area contributed by atoms with Gasteiger partial charge in [0.05, 0.1) is 13.2 Å². The summed E-state index contributed by atoms with van der Waals surface area (Å²) in [4.78, 5) is 25.7. The lowest BCUT2D eigenvalue weighted by molar-refractivity contribution is -0.162. The maximum atomic E-state index is 12.3. The fourth-order valence-electron chi connectivity index (χ4n) is 3.45. The van der Waals surface area contributed by atoms with Crippen molar-refractivity contribution in [3.8, 4) is 0 Å². The Hall–Kier alpha value is -2.50. The molecule has 0 aliphatic carbocycles. The van der Waals surface area contributed by atoms with Crippen molar-refractivity contribution in [1.29, 1.82) is 0 Å². The van der Waals surface area contributed by atoms with Gasteiger partial charge in [0.25, 0.3) is 0 Å². The first-order chi connectivity index (χ1) is 13.0. The smallest absolute Gasteiger partial charge is 0.350 e. The quantitative estimate of drug-likeness (QED) is 0.579. The van der Waals surface area contributed by atoms with Crippen molar-refractivity contribution in [2.75, 3.05) is 13.7 Å². The van der Waals surface area contributed by atoms with E-state index in [4.69, 9.17) is 9.47 Å². The van der Waals surface area contributed by atoms with Crippen LogP contribution < -0.4 is 0 Å². The summed E-state index contributed by atoms with van der Waals surface area (Å²) in [6.07, 6.45) is -0.138. The van der Waals surface area contributed by atoms with Gasteiger partial charge >= 0.3 is 5.97 Å². The van der Waals surface area contributed by atoms with Gasteiger partial charge in [-0.15, -0.1) is 0 Å². The number of Topliss-reactive ketones (excluding diaryl/α,β-unsaturated/α-hetero) is 1. The number of benzene rings is 2. The van der Waals surface area contributed by atoms with Gasteiger partial charge in [0.15, 0.2) is 5.78 Å². The maximum Gasteiger partial charge on any atom is 0.350 e. The third kappa shape index (κ3) is 4.43. The molecule has 0 spiro atoms. The molecular weight excluding hydrogens is 342 g/mol. The predicted octanol–water partition coefficient (Wildman–Crippen LogP) is 3.39. The molecule has 2 aromatic rings. The molecule has 3 rings (SSSR count). The van der Waals surface area contributed by atoms with Gasteiger partial charge in [-0.05, 0) is 31.4 Å². The second-order valence-electron chi connectivity index (χ2n) is 6.91. The lowest BCUT2D eigenvalue weighted by Crippen LogP contribution is -2.44. The summed E-state index contributed by atoms with van der Waals surface area (Å²) in [6, 6.07) is 17.6. The monoisotopic (exact) mass is 367 g/mol. The summed E-state index contributed by atoms with van der Waals surface area (Å²) in [5, 5.41) is 0. The van der Waals surface area contributed by atoms with Gasteiger partial charge in [0.2, 0.25) is 6.23 Å². The average Bonchev–Trinajstić information content (AvgIpc) is 3.14. The molecule has 5 nitrogen and oxygen atoms in total. The first kappa shape index (κ1) is 19.3. The average molecular weight is 367 g/mol. The minimum absolute atomic E-state index is 0.0546. The highest BCUT2D eigenvalue weighted by Crippen LogP contribution is 2.31. The Morgan fingerprint density at radius 3 is 2.41 bits per heavy atom. The van der Waals surface area contributed by atoms with Crippen molar-refractivity contribution in [3.63, 3.8) is 0 Å². The van der Waals surface area contributed by atoms with Crippen LogP contribution in [0.1, 0.15) is 41.4 Å². The van der Waals surface area contributed by atoms with Gasteiger partial charge < -0.3 is 9.47 Å². The van der Waals surface area contributed by atoms with E-state index in [2.05, 4.69) is 6.92 Å². The molecule has 5 heteroatoms. The summed E-state index contributed by atoms with van der Waals surface area (Å²) in [5.74, 6) is -0.328. The van der Waals surface area contributed by atoms with E-state index in [1.54, 1.807) is 6.92 Å². The molecule has 3 atom stereocenters. The number of methoxy groups -OCH3 is 1. The van der Waals surface area contributed by atoms with Crippen LogP contribution in [-0.2, 0) is 20.7 Å². The largest absolute Gasteiger partial charge is 0.466 e. The van der Waals surface area contributed by atoms with Gasteiger partial charge in [-0.1, -0.05) is 54.6 Å². The molecule has 27 heavy (non-hydrogen) atoms. The zero-order valence-electron chi connectivity index (χ0n) is 15.9. The zero-order chi connectivity index (χ0) is 19.4. The molecule has 2 aromatic carbocycles. The Bertz CT molecular complexity index is 788. The fraction of sp³-hybridized carbons (Fsp3) is 0.364. The summed E-state index contributed by atoms with van der Waals surface area (Å²) in [5.41, 5.74) is 2.86. The van der Waals surface area contributed by atoms with Crippen LogP contribution in [0.25, 0.3) is 0 Å². The van der Waals surface area contributed by atoms with Crippen LogP contribution in [0.15, 0.2) is 54.6 Å². The van der Waals surface area contributed by atoms with E-state index in [1.807, 2.05) is 59.5 Å². The normalized spacial score (nSPS) is 21.0. The number of hydrogen-bond acceptors (Lipinski definition) is 5. The number of hydrogen-bond donors (Lipinski definition) is 0. The highest BCUT2D eigenvalue weighted by atomic mass is 16.6. The summed E-state index contributed by atoms with van der Waals surface area (Å²) >= 11 is 0. The Labute approximate surface area is 159 Å². The highest BCUT2D eigenvalue weighted by molar-refractivity contribution is 5.94. The molecule has 0 bridgehead atoms. The summed E-state index contributed by atoms with van der Waals surface area (Å²) in [7, 11) is 1.38. The van der Waals surface area contributed by atoms with Gasteiger partial charge in [0, 0.05) is 18.2 Å². The minimum Gasteiger partial charge on any atom is -0.466 e. The number of rotatable bonds is 6. The predicted molar refractivity (Wildman–Crippen MR) is 102 cm³/mol. The number of ketones is 1. The molecule has 0 saturated carbocycles. The Kier molecular flexibility index (Phi) is 6.04. The van der Waals surface area contributed by atoms with Crippen LogP contribution in [0.2, 0.25) is 0 Å². The van der Waals surface area contributed by atoms with Gasteiger partial charge in [-0.2, -0.15) is 0 Å². The number of nitrogens with zero attached hydrogens (tertiary/aromatic N) is 1. The first-order valence-electron chi connectivity index (χ1n) is 9.13.